The maximum Gasteiger partial charge on any atom is 0.257 e. The third-order valence-electron chi connectivity index (χ3n) is 4.02. The van der Waals surface area contributed by atoms with Crippen molar-refractivity contribution in [2.24, 2.45) is 0 Å². The Balaban J connectivity index is 2.21. The molecule has 1 atom stereocenters. The third-order valence-corrected chi connectivity index (χ3v) is 4.02. The zero-order valence-electron chi connectivity index (χ0n) is 14.3. The Bertz CT molecular complexity index is 728. The molecule has 1 heterocycles. The second-order valence-corrected chi connectivity index (χ2v) is 5.69. The summed E-state index contributed by atoms with van der Waals surface area (Å²) in [6.45, 7) is 3.58. The number of carboxylic acid groups (broad SMARTS) is 1. The topological polar surface area (TPSA) is 107 Å². The van der Waals surface area contributed by atoms with Crippen molar-refractivity contribution in [2.45, 2.75) is 25.3 Å². The van der Waals surface area contributed by atoms with E-state index in [-0.39, 0.29) is 19.4 Å². The fraction of sp³-hybridized carbons (Fsp3) is 0.333. The summed E-state index contributed by atoms with van der Waals surface area (Å²) in [6, 6.07) is 5.40. The Morgan fingerprint density at radius 2 is 1.96 bits per heavy atom. The number of imide groups is 1. The van der Waals surface area contributed by atoms with Crippen LogP contribution in [0.1, 0.15) is 19.3 Å². The number of benzene rings is 1. The van der Waals surface area contributed by atoms with Crippen LogP contribution in [0.15, 0.2) is 36.9 Å². The molecular weight excluding hydrogens is 340 g/mol. The predicted molar refractivity (Wildman–Crippen MR) is 90.0 cm³/mol. The number of amides is 3. The van der Waals surface area contributed by atoms with E-state index in [0.717, 1.165) is 4.90 Å². The van der Waals surface area contributed by atoms with E-state index in [2.05, 4.69) is 6.58 Å². The summed E-state index contributed by atoms with van der Waals surface area (Å²) in [5.74, 6) is -2.30. The minimum atomic E-state index is -1.36. The molecule has 1 fully saturated rings. The molecule has 0 N–H and O–H groups in total. The highest BCUT2D eigenvalue weighted by molar-refractivity contribution is 6.23. The third kappa shape index (κ3) is 4.08. The number of ether oxygens (including phenoxy) is 1. The Labute approximate surface area is 150 Å². The van der Waals surface area contributed by atoms with Crippen LogP contribution < -0.4 is 14.7 Å². The van der Waals surface area contributed by atoms with Crippen LogP contribution in [0.25, 0.3) is 0 Å². The van der Waals surface area contributed by atoms with Crippen LogP contribution in [0.5, 0.6) is 5.75 Å². The molecule has 8 nitrogen and oxygen atoms in total. The molecule has 1 aromatic carbocycles. The number of hydrogen-bond acceptors (Lipinski definition) is 6. The van der Waals surface area contributed by atoms with Gasteiger partial charge in [0.1, 0.15) is 11.8 Å². The van der Waals surface area contributed by atoms with Gasteiger partial charge in [0.15, 0.2) is 0 Å². The summed E-state index contributed by atoms with van der Waals surface area (Å²) in [5.41, 5.74) is 0.379. The molecule has 2 rings (SSSR count). The van der Waals surface area contributed by atoms with E-state index in [9.17, 15) is 24.3 Å². The molecule has 0 radical (unpaired) electrons. The van der Waals surface area contributed by atoms with Crippen molar-refractivity contribution >= 4 is 29.4 Å². The van der Waals surface area contributed by atoms with Crippen molar-refractivity contribution in [1.29, 1.82) is 0 Å². The second kappa shape index (κ2) is 8.28. The van der Waals surface area contributed by atoms with Crippen molar-refractivity contribution in [2.75, 3.05) is 18.6 Å². The molecule has 0 aromatic heterocycles. The van der Waals surface area contributed by atoms with Gasteiger partial charge in [-0.3, -0.25) is 14.4 Å². The minimum absolute atomic E-state index is 0.0338. The molecule has 0 saturated carbocycles. The van der Waals surface area contributed by atoms with E-state index >= 15 is 0 Å². The normalized spacial score (nSPS) is 16.5. The molecule has 8 heteroatoms. The highest BCUT2D eigenvalue weighted by atomic mass is 16.5. The summed E-state index contributed by atoms with van der Waals surface area (Å²) in [5, 5.41) is 10.6. The van der Waals surface area contributed by atoms with Gasteiger partial charge >= 0.3 is 0 Å². The number of nitrogens with zero attached hydrogens (tertiary/aromatic N) is 2. The van der Waals surface area contributed by atoms with Gasteiger partial charge in [0.25, 0.3) is 5.91 Å². The van der Waals surface area contributed by atoms with Gasteiger partial charge in [-0.05, 0) is 30.7 Å². The Morgan fingerprint density at radius 3 is 2.50 bits per heavy atom. The molecule has 0 bridgehead atoms. The van der Waals surface area contributed by atoms with Crippen LogP contribution in [0.3, 0.4) is 0 Å². The highest BCUT2D eigenvalue weighted by Gasteiger charge is 2.43. The minimum Gasteiger partial charge on any atom is -0.550 e. The van der Waals surface area contributed by atoms with Gasteiger partial charge in [-0.1, -0.05) is 6.08 Å². The molecule has 3 amide bonds. The molecular formula is C18H19N2O6-. The number of aliphatic carboxylic acids is 1. The van der Waals surface area contributed by atoms with Gasteiger partial charge in [-0.2, -0.15) is 0 Å². The van der Waals surface area contributed by atoms with Crippen molar-refractivity contribution in [3.8, 4) is 5.75 Å². The molecule has 138 valence electrons. The van der Waals surface area contributed by atoms with Crippen LogP contribution in [0.4, 0.5) is 5.69 Å². The SMILES string of the molecule is C=CCN(C(=O)CCC(=O)[O-])[C@H]1CC(=O)N(c2ccc(OC)cc2)C1=O. The fourth-order valence-electron chi connectivity index (χ4n) is 2.76. The Hall–Kier alpha value is -3.16. The van der Waals surface area contributed by atoms with Gasteiger partial charge in [-0.15, -0.1) is 6.58 Å². The number of carbonyl (C=O) groups excluding carboxylic acids is 4. The number of carbonyl (C=O) groups is 4. The van der Waals surface area contributed by atoms with Crippen molar-refractivity contribution in [3.63, 3.8) is 0 Å². The summed E-state index contributed by atoms with van der Waals surface area (Å²) < 4.78 is 5.05. The first-order valence-electron chi connectivity index (χ1n) is 8.00. The Kier molecular flexibility index (Phi) is 6.11. The van der Waals surface area contributed by atoms with Crippen LogP contribution in [0.2, 0.25) is 0 Å². The standard InChI is InChI=1S/C18H20N2O6/c1-3-10-19(15(21)8-9-17(23)24)14-11-16(22)20(18(14)25)12-4-6-13(26-2)7-5-12/h3-7,14H,1,8-11H2,2H3,(H,23,24)/p-1/t14-/m0/s1. The first-order valence-corrected chi connectivity index (χ1v) is 8.00. The smallest absolute Gasteiger partial charge is 0.257 e. The number of anilines is 1. The molecule has 0 unspecified atom stereocenters. The van der Waals surface area contributed by atoms with E-state index in [1.165, 1.54) is 18.1 Å². The van der Waals surface area contributed by atoms with Gasteiger partial charge in [0, 0.05) is 18.9 Å². The molecule has 1 aliphatic heterocycles. The van der Waals surface area contributed by atoms with Crippen molar-refractivity contribution in [3.05, 3.63) is 36.9 Å². The molecule has 1 aliphatic rings. The summed E-state index contributed by atoms with van der Waals surface area (Å²) in [4.78, 5) is 50.2. The van der Waals surface area contributed by atoms with E-state index < -0.39 is 36.2 Å². The first kappa shape index (κ1) is 19.2. The zero-order chi connectivity index (χ0) is 19.3. The zero-order valence-corrected chi connectivity index (χ0v) is 14.3. The number of carboxylic acids is 1. The van der Waals surface area contributed by atoms with Gasteiger partial charge in [-0.25, -0.2) is 4.90 Å². The van der Waals surface area contributed by atoms with Gasteiger partial charge < -0.3 is 19.5 Å². The van der Waals surface area contributed by atoms with E-state index in [1.54, 1.807) is 24.3 Å². The van der Waals surface area contributed by atoms with E-state index in [0.29, 0.717) is 11.4 Å². The van der Waals surface area contributed by atoms with Crippen LogP contribution in [-0.2, 0) is 19.2 Å². The largest absolute Gasteiger partial charge is 0.550 e. The quantitative estimate of drug-likeness (QED) is 0.473. The Morgan fingerprint density at radius 1 is 1.31 bits per heavy atom. The first-order chi connectivity index (χ1) is 12.4. The summed E-state index contributed by atoms with van der Waals surface area (Å²) in [7, 11) is 1.50. The summed E-state index contributed by atoms with van der Waals surface area (Å²) >= 11 is 0. The molecule has 0 aliphatic carbocycles. The molecule has 0 spiro atoms. The average molecular weight is 359 g/mol. The monoisotopic (exact) mass is 359 g/mol. The highest BCUT2D eigenvalue weighted by Crippen LogP contribution is 2.27. The predicted octanol–water partition coefficient (Wildman–Crippen LogP) is -0.128. The lowest BCUT2D eigenvalue weighted by molar-refractivity contribution is -0.305. The lowest BCUT2D eigenvalue weighted by atomic mass is 10.1. The van der Waals surface area contributed by atoms with Gasteiger partial charge in [0.2, 0.25) is 11.8 Å². The maximum atomic E-state index is 12.7. The fourth-order valence-corrected chi connectivity index (χ4v) is 2.76. The summed E-state index contributed by atoms with van der Waals surface area (Å²) in [6.07, 6.45) is 0.487. The van der Waals surface area contributed by atoms with E-state index in [4.69, 9.17) is 4.74 Å². The number of methoxy groups -OCH3 is 1. The van der Waals surface area contributed by atoms with Crippen molar-refractivity contribution < 1.29 is 29.0 Å². The van der Waals surface area contributed by atoms with Crippen LogP contribution in [-0.4, -0.2) is 48.3 Å². The van der Waals surface area contributed by atoms with Crippen molar-refractivity contribution in [1.82, 2.24) is 4.90 Å². The number of rotatable bonds is 8. The van der Waals surface area contributed by atoms with Crippen LogP contribution in [0, 0.1) is 0 Å². The molecule has 1 saturated heterocycles. The molecule has 26 heavy (non-hydrogen) atoms. The average Bonchev–Trinajstić information content (AvgIpc) is 2.91. The number of hydrogen-bond donors (Lipinski definition) is 0. The maximum absolute atomic E-state index is 12.7. The van der Waals surface area contributed by atoms with E-state index in [1.807, 2.05) is 0 Å². The lowest BCUT2D eigenvalue weighted by Gasteiger charge is -2.26. The molecule has 1 aromatic rings. The lowest BCUT2D eigenvalue weighted by Crippen LogP contribution is -2.45. The second-order valence-electron chi connectivity index (χ2n) is 5.69. The van der Waals surface area contributed by atoms with Crippen LogP contribution >= 0.6 is 0 Å². The van der Waals surface area contributed by atoms with Gasteiger partial charge in [0.05, 0.1) is 19.2 Å².